The number of rotatable bonds is 8. The van der Waals surface area contributed by atoms with Crippen molar-refractivity contribution in [3.63, 3.8) is 0 Å². The van der Waals surface area contributed by atoms with Crippen molar-refractivity contribution < 1.29 is 14.3 Å². The van der Waals surface area contributed by atoms with Gasteiger partial charge in [-0.15, -0.1) is 24.0 Å². The second-order valence-corrected chi connectivity index (χ2v) is 6.85. The predicted octanol–water partition coefficient (Wildman–Crippen LogP) is 3.08. The summed E-state index contributed by atoms with van der Waals surface area (Å²) in [5.74, 6) is 1.41. The third-order valence-corrected chi connectivity index (χ3v) is 4.74. The highest BCUT2D eigenvalue weighted by Crippen LogP contribution is 2.24. The molecule has 0 amide bonds. The first-order chi connectivity index (χ1) is 13.1. The Morgan fingerprint density at radius 3 is 2.86 bits per heavy atom. The Balaban J connectivity index is 0.00000392. The number of guanidine groups is 1. The summed E-state index contributed by atoms with van der Waals surface area (Å²) in [6, 6.07) is 3.89. The van der Waals surface area contributed by atoms with Crippen LogP contribution in [0.5, 0.6) is 5.88 Å². The van der Waals surface area contributed by atoms with E-state index in [-0.39, 0.29) is 41.8 Å². The van der Waals surface area contributed by atoms with Crippen molar-refractivity contribution in [2.75, 3.05) is 33.4 Å². The molecule has 7 nitrogen and oxygen atoms in total. The van der Waals surface area contributed by atoms with Crippen molar-refractivity contribution in [1.82, 2.24) is 15.2 Å². The number of aliphatic imine (C=N–C) groups is 1. The second-order valence-electron chi connectivity index (χ2n) is 6.85. The second kappa shape index (κ2) is 12.8. The number of carbonyl (C=O) groups excluding carboxylic acids is 1. The maximum absolute atomic E-state index is 12.0. The molecule has 2 heterocycles. The highest BCUT2D eigenvalue weighted by molar-refractivity contribution is 14.0. The summed E-state index contributed by atoms with van der Waals surface area (Å²) < 4.78 is 10.7. The van der Waals surface area contributed by atoms with Gasteiger partial charge in [-0.2, -0.15) is 0 Å². The molecule has 1 saturated heterocycles. The van der Waals surface area contributed by atoms with Gasteiger partial charge in [0.2, 0.25) is 5.88 Å². The molecule has 158 valence electrons. The zero-order valence-corrected chi connectivity index (χ0v) is 19.6. The van der Waals surface area contributed by atoms with E-state index in [9.17, 15) is 4.79 Å². The van der Waals surface area contributed by atoms with Crippen molar-refractivity contribution in [2.45, 2.75) is 40.2 Å². The molecule has 1 fully saturated rings. The van der Waals surface area contributed by atoms with E-state index in [1.165, 1.54) is 7.11 Å². The summed E-state index contributed by atoms with van der Waals surface area (Å²) in [5.41, 5.74) is 0.959. The van der Waals surface area contributed by atoms with Gasteiger partial charge in [-0.3, -0.25) is 4.79 Å². The lowest BCUT2D eigenvalue weighted by molar-refractivity contribution is -0.145. The molecular weight excluding hydrogens is 471 g/mol. The maximum atomic E-state index is 12.0. The molecule has 1 aromatic heterocycles. The van der Waals surface area contributed by atoms with Crippen LogP contribution in [0.4, 0.5) is 0 Å². The highest BCUT2D eigenvalue weighted by atomic mass is 127. The quantitative estimate of drug-likeness (QED) is 0.193. The summed E-state index contributed by atoms with van der Waals surface area (Å²) >= 11 is 0. The smallest absolute Gasteiger partial charge is 0.310 e. The molecule has 0 bridgehead atoms. The summed E-state index contributed by atoms with van der Waals surface area (Å²) in [7, 11) is 1.44. The van der Waals surface area contributed by atoms with Crippen molar-refractivity contribution in [2.24, 2.45) is 16.8 Å². The minimum atomic E-state index is -0.153. The van der Waals surface area contributed by atoms with Crippen molar-refractivity contribution in [3.8, 4) is 5.88 Å². The van der Waals surface area contributed by atoms with E-state index in [1.807, 2.05) is 19.1 Å². The number of nitrogens with zero attached hydrogens (tertiary/aromatic N) is 3. The normalized spacial score (nSPS) is 19.1. The number of methoxy groups -OCH3 is 1. The summed E-state index contributed by atoms with van der Waals surface area (Å²) in [6.07, 6.45) is 3.82. The maximum Gasteiger partial charge on any atom is 0.310 e. The fourth-order valence-corrected chi connectivity index (χ4v) is 3.17. The van der Waals surface area contributed by atoms with Crippen LogP contribution in [0, 0.1) is 11.8 Å². The third kappa shape index (κ3) is 6.79. The summed E-state index contributed by atoms with van der Waals surface area (Å²) in [4.78, 5) is 23.2. The molecule has 0 aromatic carbocycles. The number of carbonyl (C=O) groups is 1. The topological polar surface area (TPSA) is 76.1 Å². The number of pyridine rings is 1. The zero-order chi connectivity index (χ0) is 19.6. The van der Waals surface area contributed by atoms with E-state index in [4.69, 9.17) is 14.5 Å². The number of likely N-dealkylation sites (tertiary alicyclic amines) is 1. The largest absolute Gasteiger partial charge is 0.477 e. The average Bonchev–Trinajstić information content (AvgIpc) is 3.07. The van der Waals surface area contributed by atoms with E-state index < -0.39 is 0 Å². The number of unbranched alkanes of at least 4 members (excludes halogenated alkanes) is 1. The van der Waals surface area contributed by atoms with E-state index in [2.05, 4.69) is 29.0 Å². The zero-order valence-electron chi connectivity index (χ0n) is 17.3. The molecular formula is C20H33IN4O3. The van der Waals surface area contributed by atoms with E-state index in [1.54, 1.807) is 6.20 Å². The van der Waals surface area contributed by atoms with Crippen LogP contribution < -0.4 is 10.1 Å². The van der Waals surface area contributed by atoms with Gasteiger partial charge in [-0.25, -0.2) is 9.98 Å². The predicted molar refractivity (Wildman–Crippen MR) is 121 cm³/mol. The number of nitrogens with one attached hydrogen (secondary N) is 1. The van der Waals surface area contributed by atoms with Gasteiger partial charge in [-0.05, 0) is 25.3 Å². The minimum absolute atomic E-state index is 0. The van der Waals surface area contributed by atoms with Crippen LogP contribution in [-0.4, -0.2) is 55.2 Å². The first kappa shape index (κ1) is 24.5. The Labute approximate surface area is 185 Å². The summed E-state index contributed by atoms with van der Waals surface area (Å²) in [6.45, 7) is 9.54. The first-order valence-corrected chi connectivity index (χ1v) is 9.78. The molecule has 8 heteroatoms. The number of hydrogen-bond donors (Lipinski definition) is 1. The Morgan fingerprint density at radius 1 is 1.39 bits per heavy atom. The van der Waals surface area contributed by atoms with Gasteiger partial charge < -0.3 is 19.7 Å². The fourth-order valence-electron chi connectivity index (χ4n) is 3.17. The molecule has 0 saturated carbocycles. The lowest BCUT2D eigenvalue weighted by Gasteiger charge is -2.21. The molecule has 2 rings (SSSR count). The number of halogens is 1. The first-order valence-electron chi connectivity index (χ1n) is 9.78. The molecule has 1 aliphatic heterocycles. The Morgan fingerprint density at radius 2 is 2.18 bits per heavy atom. The molecule has 1 N–H and O–H groups in total. The summed E-state index contributed by atoms with van der Waals surface area (Å²) in [5, 5.41) is 3.33. The molecule has 2 atom stereocenters. The highest BCUT2D eigenvalue weighted by Gasteiger charge is 2.36. The van der Waals surface area contributed by atoms with Crippen LogP contribution in [0.1, 0.15) is 39.2 Å². The van der Waals surface area contributed by atoms with Gasteiger partial charge in [0.05, 0.1) is 26.2 Å². The molecule has 0 spiro atoms. The molecule has 1 aromatic rings. The lowest BCUT2D eigenvalue weighted by Crippen LogP contribution is -2.40. The third-order valence-electron chi connectivity index (χ3n) is 4.74. The van der Waals surface area contributed by atoms with Gasteiger partial charge in [0.15, 0.2) is 5.96 Å². The monoisotopic (exact) mass is 504 g/mol. The number of hydrogen-bond acceptors (Lipinski definition) is 5. The molecule has 0 aliphatic carbocycles. The Kier molecular flexibility index (Phi) is 11.2. The van der Waals surface area contributed by atoms with Crippen LogP contribution in [-0.2, 0) is 16.1 Å². The van der Waals surface area contributed by atoms with Crippen LogP contribution in [0.25, 0.3) is 0 Å². The Bertz CT molecular complexity index is 642. The standard InChI is InChI=1S/C20H32N4O3.HI/c1-5-7-11-27-18-16(9-8-10-22-18)12-23-20(21-6-2)24-13-15(3)17(14-24)19(25)26-4;/h8-10,15,17H,5-7,11-14H2,1-4H3,(H,21,23);1H. The van der Waals surface area contributed by atoms with Crippen LogP contribution >= 0.6 is 24.0 Å². The lowest BCUT2D eigenvalue weighted by atomic mass is 9.99. The van der Waals surface area contributed by atoms with Gasteiger partial charge in [0.25, 0.3) is 0 Å². The fraction of sp³-hybridized carbons (Fsp3) is 0.650. The van der Waals surface area contributed by atoms with Crippen LogP contribution in [0.2, 0.25) is 0 Å². The van der Waals surface area contributed by atoms with E-state index in [0.29, 0.717) is 25.6 Å². The van der Waals surface area contributed by atoms with Gasteiger partial charge >= 0.3 is 5.97 Å². The van der Waals surface area contributed by atoms with Crippen LogP contribution in [0.3, 0.4) is 0 Å². The van der Waals surface area contributed by atoms with Gasteiger partial charge in [0.1, 0.15) is 0 Å². The van der Waals surface area contributed by atoms with Crippen molar-refractivity contribution in [1.29, 1.82) is 0 Å². The molecule has 0 radical (unpaired) electrons. The van der Waals surface area contributed by atoms with Crippen molar-refractivity contribution in [3.05, 3.63) is 23.9 Å². The molecule has 1 aliphatic rings. The van der Waals surface area contributed by atoms with Gasteiger partial charge in [-0.1, -0.05) is 26.3 Å². The number of aromatic nitrogens is 1. The SMILES string of the molecule is CCCCOc1ncccc1CN=C(NCC)N1CC(C)C(C(=O)OC)C1.I. The van der Waals surface area contributed by atoms with Gasteiger partial charge in [0, 0.05) is 31.4 Å². The molecule has 2 unspecified atom stereocenters. The average molecular weight is 504 g/mol. The van der Waals surface area contributed by atoms with Crippen molar-refractivity contribution >= 4 is 35.9 Å². The molecule has 28 heavy (non-hydrogen) atoms. The number of esters is 1. The van der Waals surface area contributed by atoms with Crippen LogP contribution in [0.15, 0.2) is 23.3 Å². The number of ether oxygens (including phenoxy) is 2. The van der Waals surface area contributed by atoms with E-state index >= 15 is 0 Å². The Hall–Kier alpha value is -1.58. The van der Waals surface area contributed by atoms with E-state index in [0.717, 1.165) is 37.5 Å². The minimum Gasteiger partial charge on any atom is -0.477 e.